The largest absolute Gasteiger partial charge is 0.497 e. The van der Waals surface area contributed by atoms with Gasteiger partial charge in [0.05, 0.1) is 12.9 Å². The summed E-state index contributed by atoms with van der Waals surface area (Å²) < 4.78 is 20.7. The number of aromatic nitrogens is 4. The molecule has 0 bridgehead atoms. The first kappa shape index (κ1) is 22.0. The molecule has 164 valence electrons. The van der Waals surface area contributed by atoms with Gasteiger partial charge < -0.3 is 10.1 Å². The molecule has 0 radical (unpaired) electrons. The first-order valence-corrected chi connectivity index (χ1v) is 11.5. The molecule has 2 heterocycles. The Labute approximate surface area is 192 Å². The van der Waals surface area contributed by atoms with Crippen LogP contribution in [0.15, 0.2) is 60.1 Å². The molecule has 0 fully saturated rings. The lowest BCUT2D eigenvalue weighted by atomic mass is 10.1. The highest BCUT2D eigenvalue weighted by Gasteiger charge is 2.12. The number of nitrogens with zero attached hydrogens (tertiary/aromatic N) is 4. The molecule has 0 atom stereocenters. The van der Waals surface area contributed by atoms with Crippen LogP contribution in [0.1, 0.15) is 16.0 Å². The van der Waals surface area contributed by atoms with Crippen molar-refractivity contribution in [2.45, 2.75) is 18.5 Å². The minimum Gasteiger partial charge on any atom is -0.497 e. The predicted molar refractivity (Wildman–Crippen MR) is 123 cm³/mol. The van der Waals surface area contributed by atoms with Crippen LogP contribution in [0.3, 0.4) is 0 Å². The summed E-state index contributed by atoms with van der Waals surface area (Å²) in [6.45, 7) is 1.73. The van der Waals surface area contributed by atoms with Crippen molar-refractivity contribution in [2.24, 2.45) is 0 Å². The van der Waals surface area contributed by atoms with Gasteiger partial charge in [0.15, 0.2) is 10.3 Å². The molecular weight excluding hydrogens is 449 g/mol. The number of ether oxygens (including phenoxy) is 1. The Balaban J connectivity index is 1.33. The molecule has 7 nitrogen and oxygen atoms in total. The third kappa shape index (κ3) is 5.32. The average molecular weight is 470 g/mol. The Morgan fingerprint density at radius 1 is 1.25 bits per heavy atom. The number of amides is 1. The number of aryl methyl sites for hydroxylation is 1. The number of halogens is 1. The summed E-state index contributed by atoms with van der Waals surface area (Å²) in [4.78, 5) is 17.6. The maximum Gasteiger partial charge on any atom is 0.236 e. The molecule has 10 heteroatoms. The summed E-state index contributed by atoms with van der Waals surface area (Å²) in [5.74, 6) is 0.500. The second-order valence-electron chi connectivity index (χ2n) is 6.91. The Bertz CT molecular complexity index is 1220. The van der Waals surface area contributed by atoms with Gasteiger partial charge in [-0.05, 0) is 48.4 Å². The van der Waals surface area contributed by atoms with Gasteiger partial charge in [0.25, 0.3) is 0 Å². The number of methoxy groups -OCH3 is 1. The molecule has 1 N–H and O–H groups in total. The van der Waals surface area contributed by atoms with E-state index in [4.69, 9.17) is 4.74 Å². The lowest BCUT2D eigenvalue weighted by molar-refractivity contribution is -0.113. The Kier molecular flexibility index (Phi) is 6.81. The van der Waals surface area contributed by atoms with Gasteiger partial charge in [0.1, 0.15) is 17.9 Å². The number of thioether (sulfide) groups is 1. The van der Waals surface area contributed by atoms with Crippen molar-refractivity contribution in [2.75, 3.05) is 18.2 Å². The summed E-state index contributed by atoms with van der Waals surface area (Å²) in [6, 6.07) is 12.7. The van der Waals surface area contributed by atoms with Crippen molar-refractivity contribution < 1.29 is 13.9 Å². The Hall–Kier alpha value is -3.24. The molecule has 32 heavy (non-hydrogen) atoms. The summed E-state index contributed by atoms with van der Waals surface area (Å²) in [5, 5.41) is 12.0. The molecule has 0 spiro atoms. The van der Waals surface area contributed by atoms with Gasteiger partial charge in [-0.1, -0.05) is 23.9 Å². The van der Waals surface area contributed by atoms with Crippen LogP contribution in [-0.2, 0) is 11.2 Å². The maximum atomic E-state index is 13.7. The zero-order valence-electron chi connectivity index (χ0n) is 17.4. The molecule has 0 saturated heterocycles. The number of anilines is 1. The standard InChI is InChI=1S/C22H20FN5O2S2/c1-14-3-4-15(10-19(14)23)9-18-11-24-21(32-18)26-20(29)12-31-22-27-25-13-28(22)16-5-7-17(30-2)8-6-16/h3-8,10-11,13H,9,12H2,1-2H3,(H,24,26,29). The molecule has 4 aromatic rings. The first-order chi connectivity index (χ1) is 15.5. The van der Waals surface area contributed by atoms with Crippen molar-refractivity contribution >= 4 is 34.1 Å². The summed E-state index contributed by atoms with van der Waals surface area (Å²) in [5.41, 5.74) is 2.35. The summed E-state index contributed by atoms with van der Waals surface area (Å²) in [6.07, 6.45) is 3.86. The van der Waals surface area contributed by atoms with Crippen LogP contribution in [-0.4, -0.2) is 38.5 Å². The number of carbonyl (C=O) groups excluding carboxylic acids is 1. The molecule has 2 aromatic heterocycles. The zero-order chi connectivity index (χ0) is 22.5. The predicted octanol–water partition coefficient (Wildman–Crippen LogP) is 4.50. The van der Waals surface area contributed by atoms with Crippen molar-refractivity contribution in [3.8, 4) is 11.4 Å². The van der Waals surface area contributed by atoms with Crippen molar-refractivity contribution in [1.82, 2.24) is 19.7 Å². The summed E-state index contributed by atoms with van der Waals surface area (Å²) in [7, 11) is 1.61. The van der Waals surface area contributed by atoms with E-state index in [0.29, 0.717) is 22.3 Å². The topological polar surface area (TPSA) is 81.9 Å². The number of benzene rings is 2. The fraction of sp³-hybridized carbons (Fsp3) is 0.182. The number of thiazole rings is 1. The highest BCUT2D eigenvalue weighted by Crippen LogP contribution is 2.24. The van der Waals surface area contributed by atoms with Gasteiger partial charge in [-0.25, -0.2) is 9.37 Å². The Morgan fingerprint density at radius 2 is 2.06 bits per heavy atom. The van der Waals surface area contributed by atoms with Gasteiger partial charge in [0.2, 0.25) is 5.91 Å². The monoisotopic (exact) mass is 469 g/mol. The van der Waals surface area contributed by atoms with E-state index in [9.17, 15) is 9.18 Å². The van der Waals surface area contributed by atoms with E-state index < -0.39 is 0 Å². The first-order valence-electron chi connectivity index (χ1n) is 9.68. The third-order valence-corrected chi connectivity index (χ3v) is 6.47. The van der Waals surface area contributed by atoms with Gasteiger partial charge in [-0.2, -0.15) is 0 Å². The van der Waals surface area contributed by atoms with Crippen LogP contribution in [0, 0.1) is 12.7 Å². The van der Waals surface area contributed by atoms with E-state index in [-0.39, 0.29) is 17.5 Å². The number of carbonyl (C=O) groups is 1. The smallest absolute Gasteiger partial charge is 0.236 e. The van der Waals surface area contributed by atoms with Gasteiger partial charge in [0, 0.05) is 23.2 Å². The quantitative estimate of drug-likeness (QED) is 0.383. The van der Waals surface area contributed by atoms with E-state index in [1.54, 1.807) is 37.2 Å². The van der Waals surface area contributed by atoms with Gasteiger partial charge in [-0.3, -0.25) is 9.36 Å². The molecule has 0 aliphatic carbocycles. The molecule has 0 aliphatic heterocycles. The van der Waals surface area contributed by atoms with E-state index in [0.717, 1.165) is 21.9 Å². The molecule has 0 unspecified atom stereocenters. The van der Waals surface area contributed by atoms with Gasteiger partial charge >= 0.3 is 0 Å². The third-order valence-electron chi connectivity index (χ3n) is 4.61. The van der Waals surface area contributed by atoms with Crippen molar-refractivity contribution in [3.05, 3.63) is 76.8 Å². The molecule has 2 aromatic carbocycles. The van der Waals surface area contributed by atoms with Crippen LogP contribution in [0.2, 0.25) is 0 Å². The van der Waals surface area contributed by atoms with Crippen LogP contribution >= 0.6 is 23.1 Å². The molecule has 0 aliphatic rings. The lowest BCUT2D eigenvalue weighted by Crippen LogP contribution is -2.14. The molecule has 4 rings (SSSR count). The summed E-state index contributed by atoms with van der Waals surface area (Å²) >= 11 is 2.65. The Morgan fingerprint density at radius 3 is 2.81 bits per heavy atom. The van der Waals surface area contributed by atoms with Crippen molar-refractivity contribution in [1.29, 1.82) is 0 Å². The minimum absolute atomic E-state index is 0.160. The zero-order valence-corrected chi connectivity index (χ0v) is 19.0. The second-order valence-corrected chi connectivity index (χ2v) is 8.97. The number of hydrogen-bond acceptors (Lipinski definition) is 7. The van der Waals surface area contributed by atoms with Gasteiger partial charge in [-0.15, -0.1) is 21.5 Å². The van der Waals surface area contributed by atoms with E-state index in [1.165, 1.54) is 29.2 Å². The van der Waals surface area contributed by atoms with Crippen LogP contribution in [0.4, 0.5) is 9.52 Å². The van der Waals surface area contributed by atoms with E-state index >= 15 is 0 Å². The van der Waals surface area contributed by atoms with Crippen LogP contribution in [0.25, 0.3) is 5.69 Å². The number of nitrogens with one attached hydrogen (secondary N) is 1. The number of rotatable bonds is 8. The minimum atomic E-state index is -0.222. The molecular formula is C22H20FN5O2S2. The fourth-order valence-corrected chi connectivity index (χ4v) is 4.51. The van der Waals surface area contributed by atoms with Crippen LogP contribution in [0.5, 0.6) is 5.75 Å². The normalized spacial score (nSPS) is 10.8. The van der Waals surface area contributed by atoms with E-state index in [2.05, 4.69) is 20.5 Å². The second kappa shape index (κ2) is 9.92. The van der Waals surface area contributed by atoms with E-state index in [1.807, 2.05) is 30.3 Å². The van der Waals surface area contributed by atoms with Crippen molar-refractivity contribution in [3.63, 3.8) is 0 Å². The molecule has 0 saturated carbocycles. The highest BCUT2D eigenvalue weighted by molar-refractivity contribution is 7.99. The average Bonchev–Trinajstić information content (AvgIpc) is 3.44. The maximum absolute atomic E-state index is 13.7. The lowest BCUT2D eigenvalue weighted by Gasteiger charge is -2.07. The highest BCUT2D eigenvalue weighted by atomic mass is 32.2. The fourth-order valence-electron chi connectivity index (χ4n) is 2.92. The molecule has 1 amide bonds. The SMILES string of the molecule is COc1ccc(-n2cnnc2SCC(=O)Nc2ncc(Cc3ccc(C)c(F)c3)s2)cc1. The number of hydrogen-bond donors (Lipinski definition) is 1. The van der Waals surface area contributed by atoms with Crippen LogP contribution < -0.4 is 10.1 Å².